The minimum absolute atomic E-state index is 0. The molecular formula is C19H23Cl2F2N3O2. The SMILES string of the molecule is Cl.Cl.NC(C(=O)NC1CCN(c2ccccc2OC(F)F)C1)c1ccccc1. The predicted octanol–water partition coefficient (Wildman–Crippen LogP) is 3.53. The fourth-order valence-electron chi connectivity index (χ4n) is 3.11. The number of carbonyl (C=O) groups excluding carboxylic acids is 1. The molecule has 28 heavy (non-hydrogen) atoms. The maximum absolute atomic E-state index is 12.6. The van der Waals surface area contributed by atoms with Gasteiger partial charge in [-0.15, -0.1) is 24.8 Å². The Labute approximate surface area is 175 Å². The molecule has 2 aromatic carbocycles. The molecule has 1 amide bonds. The van der Waals surface area contributed by atoms with E-state index in [-0.39, 0.29) is 42.5 Å². The van der Waals surface area contributed by atoms with E-state index >= 15 is 0 Å². The van der Waals surface area contributed by atoms with Crippen LogP contribution in [0.1, 0.15) is 18.0 Å². The zero-order valence-electron chi connectivity index (χ0n) is 15.0. The highest BCUT2D eigenvalue weighted by Gasteiger charge is 2.28. The van der Waals surface area contributed by atoms with Crippen LogP contribution in [0, 0.1) is 0 Å². The first-order valence-corrected chi connectivity index (χ1v) is 8.44. The number of ether oxygens (including phenoxy) is 1. The number of para-hydroxylation sites is 2. The van der Waals surface area contributed by atoms with Crippen LogP contribution in [0.15, 0.2) is 54.6 Å². The molecule has 5 nitrogen and oxygen atoms in total. The Balaban J connectivity index is 0.00000196. The Kier molecular flexibility index (Phi) is 9.45. The Bertz CT molecular complexity index is 753. The van der Waals surface area contributed by atoms with Crippen LogP contribution in [0.5, 0.6) is 5.75 Å². The standard InChI is InChI=1S/C19H21F2N3O2.2ClH/c20-19(21)26-16-9-5-4-8-15(16)24-11-10-14(12-24)23-18(25)17(22)13-6-2-1-3-7-13;;/h1-9,14,17,19H,10-12,22H2,(H,23,25);2*1H. The molecule has 0 radical (unpaired) electrons. The van der Waals surface area contributed by atoms with Crippen molar-refractivity contribution in [2.24, 2.45) is 5.73 Å². The van der Waals surface area contributed by atoms with Gasteiger partial charge in [-0.25, -0.2) is 0 Å². The highest BCUT2D eigenvalue weighted by Crippen LogP contribution is 2.31. The van der Waals surface area contributed by atoms with E-state index in [9.17, 15) is 13.6 Å². The van der Waals surface area contributed by atoms with E-state index < -0.39 is 12.7 Å². The first kappa shape index (κ1) is 23.9. The lowest BCUT2D eigenvalue weighted by molar-refractivity contribution is -0.123. The van der Waals surface area contributed by atoms with Crippen LogP contribution in [0.3, 0.4) is 0 Å². The predicted molar refractivity (Wildman–Crippen MR) is 110 cm³/mol. The Morgan fingerprint density at radius 1 is 1.11 bits per heavy atom. The average Bonchev–Trinajstić information content (AvgIpc) is 3.10. The Morgan fingerprint density at radius 3 is 2.43 bits per heavy atom. The molecule has 2 aromatic rings. The maximum Gasteiger partial charge on any atom is 0.387 e. The summed E-state index contributed by atoms with van der Waals surface area (Å²) in [7, 11) is 0. The van der Waals surface area contributed by atoms with Crippen LogP contribution in [0.25, 0.3) is 0 Å². The molecule has 3 rings (SSSR count). The van der Waals surface area contributed by atoms with Crippen molar-refractivity contribution >= 4 is 36.4 Å². The lowest BCUT2D eigenvalue weighted by Crippen LogP contribution is -2.42. The van der Waals surface area contributed by atoms with E-state index in [4.69, 9.17) is 5.73 Å². The number of nitrogens with zero attached hydrogens (tertiary/aromatic N) is 1. The van der Waals surface area contributed by atoms with Gasteiger partial charge in [0.25, 0.3) is 0 Å². The maximum atomic E-state index is 12.6. The van der Waals surface area contributed by atoms with Gasteiger partial charge in [0.05, 0.1) is 5.69 Å². The van der Waals surface area contributed by atoms with E-state index in [2.05, 4.69) is 10.1 Å². The number of nitrogens with one attached hydrogen (secondary N) is 1. The number of hydrogen-bond donors (Lipinski definition) is 2. The van der Waals surface area contributed by atoms with E-state index in [1.165, 1.54) is 6.07 Å². The third kappa shape index (κ3) is 5.95. The third-order valence-corrected chi connectivity index (χ3v) is 4.40. The molecule has 1 aliphatic rings. The molecule has 0 saturated carbocycles. The smallest absolute Gasteiger partial charge is 0.387 e. The monoisotopic (exact) mass is 433 g/mol. The lowest BCUT2D eigenvalue weighted by atomic mass is 10.1. The summed E-state index contributed by atoms with van der Waals surface area (Å²) in [6, 6.07) is 15.0. The number of halogens is 4. The molecular weight excluding hydrogens is 411 g/mol. The molecule has 1 heterocycles. The van der Waals surface area contributed by atoms with Gasteiger partial charge in [0, 0.05) is 19.1 Å². The van der Waals surface area contributed by atoms with Gasteiger partial charge in [0.15, 0.2) is 0 Å². The van der Waals surface area contributed by atoms with Gasteiger partial charge in [0.1, 0.15) is 11.8 Å². The Hall–Kier alpha value is -2.09. The van der Waals surface area contributed by atoms with Crippen molar-refractivity contribution in [3.63, 3.8) is 0 Å². The molecule has 0 spiro atoms. The van der Waals surface area contributed by atoms with Gasteiger partial charge in [0.2, 0.25) is 5.91 Å². The number of amides is 1. The van der Waals surface area contributed by atoms with Gasteiger partial charge in [-0.05, 0) is 24.1 Å². The molecule has 1 aliphatic heterocycles. The zero-order valence-corrected chi connectivity index (χ0v) is 16.6. The van der Waals surface area contributed by atoms with Crippen LogP contribution in [0.2, 0.25) is 0 Å². The van der Waals surface area contributed by atoms with Crippen molar-refractivity contribution < 1.29 is 18.3 Å². The molecule has 0 bridgehead atoms. The normalized spacial score (nSPS) is 16.7. The summed E-state index contributed by atoms with van der Waals surface area (Å²) in [5.74, 6) is -0.115. The van der Waals surface area contributed by atoms with Gasteiger partial charge < -0.3 is 20.7 Å². The first-order valence-electron chi connectivity index (χ1n) is 8.44. The van der Waals surface area contributed by atoms with Gasteiger partial charge in [-0.3, -0.25) is 4.79 Å². The summed E-state index contributed by atoms with van der Waals surface area (Å²) in [6.07, 6.45) is 0.705. The third-order valence-electron chi connectivity index (χ3n) is 4.40. The second kappa shape index (κ2) is 11.0. The molecule has 0 aromatic heterocycles. The van der Waals surface area contributed by atoms with Crippen LogP contribution < -0.4 is 20.7 Å². The lowest BCUT2D eigenvalue weighted by Gasteiger charge is -2.22. The highest BCUT2D eigenvalue weighted by molar-refractivity contribution is 5.85. The van der Waals surface area contributed by atoms with Crippen LogP contribution in [0.4, 0.5) is 14.5 Å². The second-order valence-electron chi connectivity index (χ2n) is 6.17. The van der Waals surface area contributed by atoms with E-state index in [1.54, 1.807) is 18.2 Å². The fraction of sp³-hybridized carbons (Fsp3) is 0.316. The van der Waals surface area contributed by atoms with Crippen molar-refractivity contribution in [3.05, 3.63) is 60.2 Å². The molecule has 3 N–H and O–H groups in total. The highest BCUT2D eigenvalue weighted by atomic mass is 35.5. The van der Waals surface area contributed by atoms with E-state index in [0.717, 1.165) is 5.56 Å². The summed E-state index contributed by atoms with van der Waals surface area (Å²) in [4.78, 5) is 14.3. The van der Waals surface area contributed by atoms with Crippen molar-refractivity contribution in [2.75, 3.05) is 18.0 Å². The number of carbonyl (C=O) groups is 1. The van der Waals surface area contributed by atoms with Crippen molar-refractivity contribution in [3.8, 4) is 5.75 Å². The number of hydrogen-bond acceptors (Lipinski definition) is 4. The summed E-state index contributed by atoms with van der Waals surface area (Å²) >= 11 is 0. The largest absolute Gasteiger partial charge is 0.433 e. The molecule has 2 unspecified atom stereocenters. The van der Waals surface area contributed by atoms with Gasteiger partial charge in [-0.1, -0.05) is 42.5 Å². The fourth-order valence-corrected chi connectivity index (χ4v) is 3.11. The van der Waals surface area contributed by atoms with Crippen molar-refractivity contribution in [1.29, 1.82) is 0 Å². The minimum atomic E-state index is -2.88. The summed E-state index contributed by atoms with van der Waals surface area (Å²) < 4.78 is 29.7. The van der Waals surface area contributed by atoms with Crippen molar-refractivity contribution in [2.45, 2.75) is 25.1 Å². The Morgan fingerprint density at radius 2 is 1.75 bits per heavy atom. The number of alkyl halides is 2. The number of anilines is 1. The zero-order chi connectivity index (χ0) is 18.5. The second-order valence-corrected chi connectivity index (χ2v) is 6.17. The number of rotatable bonds is 6. The molecule has 9 heteroatoms. The van der Waals surface area contributed by atoms with E-state index in [0.29, 0.717) is 25.2 Å². The van der Waals surface area contributed by atoms with Gasteiger partial charge in [-0.2, -0.15) is 8.78 Å². The summed E-state index contributed by atoms with van der Waals surface area (Å²) in [6.45, 7) is -1.73. The first-order chi connectivity index (χ1) is 12.5. The molecule has 154 valence electrons. The van der Waals surface area contributed by atoms with Crippen LogP contribution in [-0.2, 0) is 4.79 Å². The summed E-state index contributed by atoms with van der Waals surface area (Å²) in [5.41, 5.74) is 7.35. The molecule has 1 saturated heterocycles. The number of benzene rings is 2. The quantitative estimate of drug-likeness (QED) is 0.730. The van der Waals surface area contributed by atoms with Crippen LogP contribution >= 0.6 is 24.8 Å². The number of nitrogens with two attached hydrogens (primary N) is 1. The van der Waals surface area contributed by atoms with Crippen LogP contribution in [-0.4, -0.2) is 31.7 Å². The average molecular weight is 434 g/mol. The summed E-state index contributed by atoms with van der Waals surface area (Å²) in [5, 5.41) is 2.94. The van der Waals surface area contributed by atoms with Gasteiger partial charge >= 0.3 is 6.61 Å². The molecule has 2 atom stereocenters. The molecule has 1 fully saturated rings. The molecule has 0 aliphatic carbocycles. The van der Waals surface area contributed by atoms with Crippen molar-refractivity contribution in [1.82, 2.24) is 5.32 Å². The topological polar surface area (TPSA) is 67.6 Å². The van der Waals surface area contributed by atoms with E-state index in [1.807, 2.05) is 35.2 Å². The minimum Gasteiger partial charge on any atom is -0.433 e.